The summed E-state index contributed by atoms with van der Waals surface area (Å²) in [5, 5.41) is 2.82. The Bertz CT molecular complexity index is 670. The Morgan fingerprint density at radius 1 is 1.50 bits per heavy atom. The average Bonchev–Trinajstić information content (AvgIpc) is 2.97. The summed E-state index contributed by atoms with van der Waals surface area (Å²) in [6.07, 6.45) is 5.58. The number of nitrogens with zero attached hydrogens (tertiary/aromatic N) is 1. The van der Waals surface area contributed by atoms with Crippen LogP contribution in [0.3, 0.4) is 0 Å². The van der Waals surface area contributed by atoms with E-state index in [0.717, 1.165) is 19.4 Å². The van der Waals surface area contributed by atoms with Gasteiger partial charge >= 0.3 is 6.09 Å². The smallest absolute Gasteiger partial charge is 0.407 e. The fourth-order valence-corrected chi connectivity index (χ4v) is 3.97. The first-order valence-electron chi connectivity index (χ1n) is 8.34. The number of allylic oxidation sites excluding steroid dienone is 1. The van der Waals surface area contributed by atoms with Crippen LogP contribution in [-0.2, 0) is 15.9 Å². The molecule has 0 saturated heterocycles. The van der Waals surface area contributed by atoms with E-state index in [0.29, 0.717) is 13.2 Å². The normalized spacial score (nSPS) is 20.3. The number of nitrogens with one attached hydrogen (secondary N) is 1. The van der Waals surface area contributed by atoms with Crippen molar-refractivity contribution < 1.29 is 14.3 Å². The molecule has 24 heavy (non-hydrogen) atoms. The second kappa shape index (κ2) is 7.07. The van der Waals surface area contributed by atoms with Crippen molar-refractivity contribution >= 4 is 29.2 Å². The fourth-order valence-electron chi connectivity index (χ4n) is 2.77. The quantitative estimate of drug-likeness (QED) is 0.905. The Morgan fingerprint density at radius 2 is 2.33 bits per heavy atom. The Hall–Kier alpha value is -1.66. The van der Waals surface area contributed by atoms with Crippen LogP contribution in [0.15, 0.2) is 17.1 Å². The summed E-state index contributed by atoms with van der Waals surface area (Å²) in [4.78, 5) is 18.8. The first-order chi connectivity index (χ1) is 11.4. The van der Waals surface area contributed by atoms with Gasteiger partial charge in [0.25, 0.3) is 0 Å². The van der Waals surface area contributed by atoms with Crippen LogP contribution in [0, 0.1) is 0 Å². The van der Waals surface area contributed by atoms with Crippen LogP contribution in [0.2, 0.25) is 0 Å². The third-order valence-electron chi connectivity index (χ3n) is 3.80. The maximum Gasteiger partial charge on any atom is 0.407 e. The molecule has 3 heterocycles. The molecule has 1 unspecified atom stereocenters. The van der Waals surface area contributed by atoms with E-state index >= 15 is 0 Å². The number of dihydropyridines is 1. The zero-order chi connectivity index (χ0) is 17.2. The van der Waals surface area contributed by atoms with Crippen molar-refractivity contribution in [1.29, 1.82) is 0 Å². The Kier molecular flexibility index (Phi) is 5.06. The lowest BCUT2D eigenvalue weighted by Crippen LogP contribution is -2.36. The fraction of sp³-hybridized carbons (Fsp3) is 0.556. The molecule has 3 rings (SSSR count). The van der Waals surface area contributed by atoms with Gasteiger partial charge in [0.05, 0.1) is 13.2 Å². The molecule has 0 aliphatic carbocycles. The molecule has 0 fully saturated rings. The third-order valence-corrected chi connectivity index (χ3v) is 5.06. The van der Waals surface area contributed by atoms with Crippen LogP contribution in [0.1, 0.15) is 48.6 Å². The molecule has 0 spiro atoms. The molecule has 1 aromatic rings. The molecule has 0 aromatic carbocycles. The summed E-state index contributed by atoms with van der Waals surface area (Å²) in [5.74, 6) is 0. The van der Waals surface area contributed by atoms with Crippen molar-refractivity contribution in [2.24, 2.45) is 4.99 Å². The van der Waals surface area contributed by atoms with E-state index in [1.807, 2.05) is 27.0 Å². The van der Waals surface area contributed by atoms with Crippen LogP contribution >= 0.6 is 11.3 Å². The maximum absolute atomic E-state index is 11.9. The Morgan fingerprint density at radius 3 is 3.04 bits per heavy atom. The highest BCUT2D eigenvalue weighted by molar-refractivity contribution is 7.13. The number of carbonyl (C=O) groups is 1. The van der Waals surface area contributed by atoms with E-state index in [9.17, 15) is 4.79 Å². The lowest BCUT2D eigenvalue weighted by atomic mass is 10.0. The lowest BCUT2D eigenvalue weighted by molar-refractivity contribution is 0.0296. The van der Waals surface area contributed by atoms with Crippen molar-refractivity contribution in [3.8, 4) is 0 Å². The van der Waals surface area contributed by atoms with Gasteiger partial charge in [0.15, 0.2) is 0 Å². The van der Waals surface area contributed by atoms with Crippen LogP contribution in [0.5, 0.6) is 0 Å². The molecule has 0 saturated carbocycles. The summed E-state index contributed by atoms with van der Waals surface area (Å²) in [6.45, 7) is 7.54. The summed E-state index contributed by atoms with van der Waals surface area (Å²) in [6, 6.07) is 2.18. The van der Waals surface area contributed by atoms with Crippen molar-refractivity contribution in [3.05, 3.63) is 27.5 Å². The number of rotatable bonds is 3. The summed E-state index contributed by atoms with van der Waals surface area (Å²) in [5.41, 5.74) is 1.88. The molecule has 1 N–H and O–H groups in total. The van der Waals surface area contributed by atoms with Gasteiger partial charge in [0.2, 0.25) is 0 Å². The predicted molar refractivity (Wildman–Crippen MR) is 96.9 cm³/mol. The second-order valence-electron chi connectivity index (χ2n) is 6.96. The van der Waals surface area contributed by atoms with Crippen LogP contribution in [0.25, 0.3) is 5.57 Å². The average molecular weight is 348 g/mol. The minimum absolute atomic E-state index is 0.118. The summed E-state index contributed by atoms with van der Waals surface area (Å²) in [7, 11) is 0. The highest BCUT2D eigenvalue weighted by Gasteiger charge is 2.26. The minimum atomic E-state index is -0.495. The molecule has 130 valence electrons. The van der Waals surface area contributed by atoms with Crippen molar-refractivity contribution in [2.45, 2.75) is 45.3 Å². The molecule has 2 aliphatic rings. The number of carbonyl (C=O) groups excluding carboxylic acids is 1. The van der Waals surface area contributed by atoms with Gasteiger partial charge < -0.3 is 14.8 Å². The van der Waals surface area contributed by atoms with Gasteiger partial charge in [-0.05, 0) is 38.8 Å². The van der Waals surface area contributed by atoms with Gasteiger partial charge in [-0.1, -0.05) is 6.08 Å². The molecule has 1 atom stereocenters. The second-order valence-corrected chi connectivity index (χ2v) is 8.10. The monoisotopic (exact) mass is 348 g/mol. The Labute approximate surface area is 146 Å². The predicted octanol–water partition coefficient (Wildman–Crippen LogP) is 3.74. The lowest BCUT2D eigenvalue weighted by Gasteiger charge is -2.25. The summed E-state index contributed by atoms with van der Waals surface area (Å²) >= 11 is 1.81. The number of amides is 1. The molecule has 1 aromatic heterocycles. The van der Waals surface area contributed by atoms with E-state index in [1.165, 1.54) is 20.9 Å². The topological polar surface area (TPSA) is 59.9 Å². The molecule has 2 aliphatic heterocycles. The zero-order valence-electron chi connectivity index (χ0n) is 14.4. The minimum Gasteiger partial charge on any atom is -0.444 e. The highest BCUT2D eigenvalue weighted by atomic mass is 32.1. The van der Waals surface area contributed by atoms with Gasteiger partial charge in [0.1, 0.15) is 11.7 Å². The van der Waals surface area contributed by atoms with E-state index < -0.39 is 11.7 Å². The Balaban J connectivity index is 1.68. The van der Waals surface area contributed by atoms with Crippen LogP contribution in [0.4, 0.5) is 4.79 Å². The molecular weight excluding hydrogens is 324 g/mol. The third kappa shape index (κ3) is 4.24. The number of hydrogen-bond donors (Lipinski definition) is 1. The molecule has 6 heteroatoms. The number of thiophene rings is 1. The standard InChI is InChI=1S/C18H24N2O3S/c1-18(2,3)23-17(21)20-11-14-13-9-16(12-5-4-7-19-10-12)24-15(13)6-8-22-14/h5,9-10,14H,4,6-8,11H2,1-3H3,(H,20,21). The number of hydrogen-bond acceptors (Lipinski definition) is 5. The molecule has 0 bridgehead atoms. The molecule has 5 nitrogen and oxygen atoms in total. The SMILES string of the molecule is CC(C)(C)OC(=O)NCC1OCCc2sc(C3=CCCN=C3)cc21. The highest BCUT2D eigenvalue weighted by Crippen LogP contribution is 2.36. The van der Waals surface area contributed by atoms with Crippen LogP contribution in [-0.4, -0.2) is 37.6 Å². The van der Waals surface area contributed by atoms with Gasteiger partial charge in [-0.3, -0.25) is 4.99 Å². The van der Waals surface area contributed by atoms with Crippen molar-refractivity contribution in [1.82, 2.24) is 5.32 Å². The van der Waals surface area contributed by atoms with Gasteiger partial charge in [0, 0.05) is 34.5 Å². The van der Waals surface area contributed by atoms with E-state index in [4.69, 9.17) is 9.47 Å². The zero-order valence-corrected chi connectivity index (χ0v) is 15.2. The molecule has 1 amide bonds. The van der Waals surface area contributed by atoms with Crippen molar-refractivity contribution in [2.75, 3.05) is 19.7 Å². The number of alkyl carbamates (subject to hydrolysis) is 1. The van der Waals surface area contributed by atoms with E-state index in [2.05, 4.69) is 22.5 Å². The van der Waals surface area contributed by atoms with Gasteiger partial charge in [-0.15, -0.1) is 11.3 Å². The largest absolute Gasteiger partial charge is 0.444 e. The van der Waals surface area contributed by atoms with E-state index in [1.54, 1.807) is 11.3 Å². The van der Waals surface area contributed by atoms with Gasteiger partial charge in [-0.25, -0.2) is 4.79 Å². The van der Waals surface area contributed by atoms with E-state index in [-0.39, 0.29) is 6.10 Å². The van der Waals surface area contributed by atoms with Gasteiger partial charge in [-0.2, -0.15) is 0 Å². The first kappa shape index (κ1) is 17.2. The molecule has 0 radical (unpaired) electrons. The number of ether oxygens (including phenoxy) is 2. The summed E-state index contributed by atoms with van der Waals surface area (Å²) < 4.78 is 11.2. The number of fused-ring (bicyclic) bond motifs is 1. The van der Waals surface area contributed by atoms with Crippen molar-refractivity contribution in [3.63, 3.8) is 0 Å². The first-order valence-corrected chi connectivity index (χ1v) is 9.15. The van der Waals surface area contributed by atoms with Crippen LogP contribution < -0.4 is 5.32 Å². The number of aliphatic imine (C=N–C) groups is 1. The molecular formula is C18H24N2O3S. The maximum atomic E-state index is 11.9.